The highest BCUT2D eigenvalue weighted by atomic mass is 16.5. The summed E-state index contributed by atoms with van der Waals surface area (Å²) in [4.78, 5) is 10.4. The fourth-order valence-electron chi connectivity index (χ4n) is 2.54. The minimum absolute atomic E-state index is 0.0196. The van der Waals surface area contributed by atoms with E-state index in [-0.39, 0.29) is 12.2 Å². The summed E-state index contributed by atoms with van der Waals surface area (Å²) in [5.74, 6) is 1.44. The molecule has 0 bridgehead atoms. The van der Waals surface area contributed by atoms with Gasteiger partial charge in [-0.25, -0.2) is 0 Å². The van der Waals surface area contributed by atoms with Gasteiger partial charge in [0.25, 0.3) is 6.47 Å². The number of hydrogen-bond donors (Lipinski definition) is 0. The first kappa shape index (κ1) is 13.9. The SMILES string of the molecule is CC(C)c1ccc(O[C@H]2CCC[C@H](OC=O)C2)cc1. The second kappa shape index (κ2) is 6.60. The number of carbonyl (C=O) groups excluding carboxylic acids is 1. The fourth-order valence-corrected chi connectivity index (χ4v) is 2.54. The summed E-state index contributed by atoms with van der Waals surface area (Å²) in [5, 5.41) is 0. The normalized spacial score (nSPS) is 23.1. The van der Waals surface area contributed by atoms with E-state index in [4.69, 9.17) is 9.47 Å². The molecule has 0 amide bonds. The first-order chi connectivity index (χ1) is 9.19. The Labute approximate surface area is 114 Å². The molecule has 1 aliphatic rings. The largest absolute Gasteiger partial charge is 0.490 e. The molecule has 0 unspecified atom stereocenters. The van der Waals surface area contributed by atoms with Gasteiger partial charge < -0.3 is 9.47 Å². The third-order valence-electron chi connectivity index (χ3n) is 3.68. The standard InChI is InChI=1S/C16H22O3/c1-12(2)13-6-8-14(9-7-13)19-16-5-3-4-15(10-16)18-11-17/h6-9,11-12,15-16H,3-5,10H2,1-2H3/t15-,16-/m0/s1. The van der Waals surface area contributed by atoms with E-state index in [1.165, 1.54) is 5.56 Å². The molecule has 104 valence electrons. The van der Waals surface area contributed by atoms with Gasteiger partial charge in [0.05, 0.1) is 0 Å². The van der Waals surface area contributed by atoms with E-state index in [0.29, 0.717) is 12.4 Å². The van der Waals surface area contributed by atoms with Crippen LogP contribution in [0.5, 0.6) is 5.75 Å². The Morgan fingerprint density at radius 1 is 1.16 bits per heavy atom. The maximum absolute atomic E-state index is 10.4. The second-order valence-corrected chi connectivity index (χ2v) is 5.48. The highest BCUT2D eigenvalue weighted by Gasteiger charge is 2.24. The molecule has 0 spiro atoms. The van der Waals surface area contributed by atoms with E-state index in [9.17, 15) is 4.79 Å². The average molecular weight is 262 g/mol. The third-order valence-corrected chi connectivity index (χ3v) is 3.68. The Balaban J connectivity index is 1.91. The highest BCUT2D eigenvalue weighted by Crippen LogP contribution is 2.26. The van der Waals surface area contributed by atoms with E-state index in [1.54, 1.807) is 0 Å². The topological polar surface area (TPSA) is 35.5 Å². The van der Waals surface area contributed by atoms with Crippen LogP contribution in [0.1, 0.15) is 51.0 Å². The minimum atomic E-state index is 0.0196. The van der Waals surface area contributed by atoms with Crippen molar-refractivity contribution in [2.75, 3.05) is 0 Å². The van der Waals surface area contributed by atoms with Gasteiger partial charge in [0, 0.05) is 6.42 Å². The van der Waals surface area contributed by atoms with E-state index in [2.05, 4.69) is 26.0 Å². The van der Waals surface area contributed by atoms with Crippen LogP contribution in [-0.2, 0) is 9.53 Å². The summed E-state index contributed by atoms with van der Waals surface area (Å²) in [6.07, 6.45) is 4.00. The van der Waals surface area contributed by atoms with Crippen molar-refractivity contribution in [3.8, 4) is 5.75 Å². The zero-order valence-corrected chi connectivity index (χ0v) is 11.7. The number of benzene rings is 1. The van der Waals surface area contributed by atoms with E-state index < -0.39 is 0 Å². The Bertz CT molecular complexity index is 397. The quantitative estimate of drug-likeness (QED) is 0.759. The average Bonchev–Trinajstić information content (AvgIpc) is 2.40. The molecule has 1 aromatic carbocycles. The van der Waals surface area contributed by atoms with Crippen molar-refractivity contribution in [1.82, 2.24) is 0 Å². The summed E-state index contributed by atoms with van der Waals surface area (Å²) in [5.41, 5.74) is 1.32. The molecule has 0 heterocycles. The molecule has 1 saturated carbocycles. The zero-order chi connectivity index (χ0) is 13.7. The van der Waals surface area contributed by atoms with Gasteiger partial charge in [-0.3, -0.25) is 4.79 Å². The molecule has 3 nitrogen and oxygen atoms in total. The number of rotatable bonds is 5. The van der Waals surface area contributed by atoms with Crippen LogP contribution in [0.25, 0.3) is 0 Å². The van der Waals surface area contributed by atoms with Crippen molar-refractivity contribution in [3.05, 3.63) is 29.8 Å². The Morgan fingerprint density at radius 2 is 1.84 bits per heavy atom. The monoisotopic (exact) mass is 262 g/mol. The molecule has 0 aromatic heterocycles. The van der Waals surface area contributed by atoms with Crippen molar-refractivity contribution in [2.24, 2.45) is 0 Å². The summed E-state index contributed by atoms with van der Waals surface area (Å²) < 4.78 is 11.0. The number of carbonyl (C=O) groups is 1. The molecule has 3 heteroatoms. The minimum Gasteiger partial charge on any atom is -0.490 e. The van der Waals surface area contributed by atoms with Gasteiger partial charge in [-0.2, -0.15) is 0 Å². The molecular formula is C16H22O3. The van der Waals surface area contributed by atoms with Crippen LogP contribution in [0.4, 0.5) is 0 Å². The second-order valence-electron chi connectivity index (χ2n) is 5.48. The van der Waals surface area contributed by atoms with Crippen LogP contribution in [0, 0.1) is 0 Å². The van der Waals surface area contributed by atoms with Gasteiger partial charge in [-0.05, 0) is 42.9 Å². The molecule has 0 saturated heterocycles. The lowest BCUT2D eigenvalue weighted by Crippen LogP contribution is -2.29. The maximum atomic E-state index is 10.4. The van der Waals surface area contributed by atoms with Gasteiger partial charge in [0.1, 0.15) is 18.0 Å². The molecule has 19 heavy (non-hydrogen) atoms. The lowest BCUT2D eigenvalue weighted by Gasteiger charge is -2.28. The van der Waals surface area contributed by atoms with Crippen molar-refractivity contribution in [3.63, 3.8) is 0 Å². The van der Waals surface area contributed by atoms with Crippen LogP contribution in [-0.4, -0.2) is 18.7 Å². The maximum Gasteiger partial charge on any atom is 0.293 e. The van der Waals surface area contributed by atoms with Crippen LogP contribution in [0.15, 0.2) is 24.3 Å². The predicted molar refractivity (Wildman–Crippen MR) is 74.4 cm³/mol. The lowest BCUT2D eigenvalue weighted by molar-refractivity contribution is -0.136. The first-order valence-corrected chi connectivity index (χ1v) is 7.04. The molecule has 1 fully saturated rings. The van der Waals surface area contributed by atoms with Gasteiger partial charge in [0.2, 0.25) is 0 Å². The molecule has 0 aliphatic heterocycles. The molecule has 1 aliphatic carbocycles. The van der Waals surface area contributed by atoms with Crippen LogP contribution >= 0.6 is 0 Å². The van der Waals surface area contributed by atoms with Gasteiger partial charge in [-0.1, -0.05) is 26.0 Å². The summed E-state index contributed by atoms with van der Waals surface area (Å²) in [6.45, 7) is 4.90. The lowest BCUT2D eigenvalue weighted by atomic mass is 9.95. The summed E-state index contributed by atoms with van der Waals surface area (Å²) in [6, 6.07) is 8.28. The van der Waals surface area contributed by atoms with Crippen molar-refractivity contribution in [2.45, 2.75) is 57.7 Å². The van der Waals surface area contributed by atoms with Crippen molar-refractivity contribution in [1.29, 1.82) is 0 Å². The Kier molecular flexibility index (Phi) is 4.83. The fraction of sp³-hybridized carbons (Fsp3) is 0.562. The summed E-state index contributed by atoms with van der Waals surface area (Å²) >= 11 is 0. The van der Waals surface area contributed by atoms with Gasteiger partial charge in [0.15, 0.2) is 0 Å². The van der Waals surface area contributed by atoms with Crippen molar-refractivity contribution >= 4 is 6.47 Å². The molecule has 0 radical (unpaired) electrons. The summed E-state index contributed by atoms with van der Waals surface area (Å²) in [7, 11) is 0. The van der Waals surface area contributed by atoms with Crippen molar-refractivity contribution < 1.29 is 14.3 Å². The Hall–Kier alpha value is -1.51. The molecule has 0 N–H and O–H groups in total. The first-order valence-electron chi connectivity index (χ1n) is 7.04. The zero-order valence-electron chi connectivity index (χ0n) is 11.7. The van der Waals surface area contributed by atoms with Gasteiger partial charge in [-0.15, -0.1) is 0 Å². The third kappa shape index (κ3) is 3.98. The number of ether oxygens (including phenoxy) is 2. The number of hydrogen-bond acceptors (Lipinski definition) is 3. The van der Waals surface area contributed by atoms with Gasteiger partial charge >= 0.3 is 0 Å². The predicted octanol–water partition coefficient (Wildman–Crippen LogP) is 3.67. The molecule has 2 atom stereocenters. The van der Waals surface area contributed by atoms with E-state index in [0.717, 1.165) is 31.4 Å². The smallest absolute Gasteiger partial charge is 0.293 e. The van der Waals surface area contributed by atoms with Crippen LogP contribution < -0.4 is 4.74 Å². The van der Waals surface area contributed by atoms with Crippen LogP contribution in [0.3, 0.4) is 0 Å². The highest BCUT2D eigenvalue weighted by molar-refractivity contribution is 5.37. The van der Waals surface area contributed by atoms with Crippen LogP contribution in [0.2, 0.25) is 0 Å². The van der Waals surface area contributed by atoms with E-state index in [1.807, 2.05) is 12.1 Å². The molecule has 2 rings (SSSR count). The Morgan fingerprint density at radius 3 is 2.47 bits per heavy atom. The molecule has 1 aromatic rings. The van der Waals surface area contributed by atoms with E-state index >= 15 is 0 Å². The molecular weight excluding hydrogens is 240 g/mol.